The molecule has 2 aromatic rings. The van der Waals surface area contributed by atoms with Gasteiger partial charge in [0.2, 0.25) is 5.75 Å². The van der Waals surface area contributed by atoms with E-state index in [0.717, 1.165) is 0 Å². The quantitative estimate of drug-likeness (QED) is 0.476. The maximum atomic E-state index is 11.3. The summed E-state index contributed by atoms with van der Waals surface area (Å²) in [7, 11) is 0. The fourth-order valence-electron chi connectivity index (χ4n) is 1.87. The molecule has 2 rings (SSSR count). The Kier molecular flexibility index (Phi) is 4.31. The Morgan fingerprint density at radius 2 is 1.64 bits per heavy atom. The highest BCUT2D eigenvalue weighted by molar-refractivity contribution is 5.95. The first kappa shape index (κ1) is 15.4. The van der Waals surface area contributed by atoms with E-state index in [1.165, 1.54) is 38.1 Å². The normalized spacial score (nSPS) is 10.1. The fourth-order valence-corrected chi connectivity index (χ4v) is 1.87. The van der Waals surface area contributed by atoms with Crippen LogP contribution >= 0.6 is 0 Å². The van der Waals surface area contributed by atoms with Crippen LogP contribution in [0.4, 0.5) is 5.69 Å². The third-order valence-corrected chi connectivity index (χ3v) is 3.03. The largest absolute Gasteiger partial charge is 0.450 e. The lowest BCUT2D eigenvalue weighted by Crippen LogP contribution is -1.98. The van der Waals surface area contributed by atoms with Crippen LogP contribution in [0.5, 0.6) is 11.5 Å². The summed E-state index contributed by atoms with van der Waals surface area (Å²) in [6.45, 7) is 2.75. The van der Waals surface area contributed by atoms with E-state index in [-0.39, 0.29) is 28.6 Å². The molecule has 0 aliphatic rings. The van der Waals surface area contributed by atoms with Gasteiger partial charge in [-0.15, -0.1) is 0 Å². The average Bonchev–Trinajstić information content (AvgIpc) is 2.47. The van der Waals surface area contributed by atoms with Crippen molar-refractivity contribution in [2.24, 2.45) is 0 Å². The zero-order valence-corrected chi connectivity index (χ0v) is 12.0. The van der Waals surface area contributed by atoms with Crippen molar-refractivity contribution < 1.29 is 19.2 Å². The van der Waals surface area contributed by atoms with Gasteiger partial charge in [-0.25, -0.2) is 0 Å². The van der Waals surface area contributed by atoms with E-state index < -0.39 is 4.92 Å². The molecule has 112 valence electrons. The van der Waals surface area contributed by atoms with Crippen LogP contribution in [0.25, 0.3) is 0 Å². The molecule has 0 saturated carbocycles. The van der Waals surface area contributed by atoms with Crippen LogP contribution < -0.4 is 4.74 Å². The molecule has 0 amide bonds. The Morgan fingerprint density at radius 1 is 1.00 bits per heavy atom. The average molecular weight is 299 g/mol. The van der Waals surface area contributed by atoms with Crippen LogP contribution in [0.3, 0.4) is 0 Å². The minimum atomic E-state index is -0.614. The monoisotopic (exact) mass is 299 g/mol. The van der Waals surface area contributed by atoms with Gasteiger partial charge in [0, 0.05) is 17.2 Å². The van der Waals surface area contributed by atoms with Crippen LogP contribution in [-0.2, 0) is 0 Å². The Morgan fingerprint density at radius 3 is 2.23 bits per heavy atom. The van der Waals surface area contributed by atoms with Crippen molar-refractivity contribution in [2.75, 3.05) is 0 Å². The Hall–Kier alpha value is -3.02. The number of benzene rings is 2. The first-order chi connectivity index (χ1) is 10.4. The zero-order chi connectivity index (χ0) is 16.3. The number of hydrogen-bond acceptors (Lipinski definition) is 5. The molecule has 0 atom stereocenters. The maximum absolute atomic E-state index is 11.3. The van der Waals surface area contributed by atoms with Crippen LogP contribution in [0.2, 0.25) is 0 Å². The summed E-state index contributed by atoms with van der Waals surface area (Å²) in [4.78, 5) is 33.2. The van der Waals surface area contributed by atoms with Crippen molar-refractivity contribution in [2.45, 2.75) is 13.8 Å². The number of carbonyl (C=O) groups excluding carboxylic acids is 2. The molecule has 0 aromatic heterocycles. The smallest absolute Gasteiger partial charge is 0.312 e. The molecule has 22 heavy (non-hydrogen) atoms. The molecule has 0 aliphatic carbocycles. The number of hydrogen-bond donors (Lipinski definition) is 0. The number of ketones is 2. The molecule has 0 bridgehead atoms. The highest BCUT2D eigenvalue weighted by Crippen LogP contribution is 2.32. The molecule has 0 N–H and O–H groups in total. The molecule has 6 heteroatoms. The van der Waals surface area contributed by atoms with E-state index in [1.807, 2.05) is 0 Å². The van der Waals surface area contributed by atoms with Crippen molar-refractivity contribution in [1.82, 2.24) is 0 Å². The lowest BCUT2D eigenvalue weighted by atomic mass is 10.1. The summed E-state index contributed by atoms with van der Waals surface area (Å²) in [5.74, 6) is -0.0813. The number of carbonyl (C=O) groups is 2. The van der Waals surface area contributed by atoms with E-state index in [0.29, 0.717) is 11.3 Å². The van der Waals surface area contributed by atoms with E-state index in [1.54, 1.807) is 18.2 Å². The predicted molar refractivity (Wildman–Crippen MR) is 79.6 cm³/mol. The number of nitrogens with zero attached hydrogens (tertiary/aromatic N) is 1. The van der Waals surface area contributed by atoms with Crippen molar-refractivity contribution in [3.05, 3.63) is 63.7 Å². The second-order valence-electron chi connectivity index (χ2n) is 4.68. The number of nitro benzene ring substituents is 1. The highest BCUT2D eigenvalue weighted by atomic mass is 16.6. The third-order valence-electron chi connectivity index (χ3n) is 3.03. The molecule has 0 radical (unpaired) electrons. The second-order valence-corrected chi connectivity index (χ2v) is 4.68. The maximum Gasteiger partial charge on any atom is 0.312 e. The van der Waals surface area contributed by atoms with Crippen LogP contribution in [0.15, 0.2) is 42.5 Å². The van der Waals surface area contributed by atoms with E-state index in [9.17, 15) is 19.7 Å². The topological polar surface area (TPSA) is 86.5 Å². The van der Waals surface area contributed by atoms with Gasteiger partial charge in [0.25, 0.3) is 0 Å². The van der Waals surface area contributed by atoms with Crippen LogP contribution in [0.1, 0.15) is 34.6 Å². The van der Waals surface area contributed by atoms with Crippen LogP contribution in [-0.4, -0.2) is 16.5 Å². The number of nitro groups is 1. The van der Waals surface area contributed by atoms with E-state index in [4.69, 9.17) is 4.74 Å². The fraction of sp³-hybridized carbons (Fsp3) is 0.125. The van der Waals surface area contributed by atoms with Gasteiger partial charge in [0.15, 0.2) is 11.6 Å². The van der Waals surface area contributed by atoms with Gasteiger partial charge in [0.05, 0.1) is 4.92 Å². The van der Waals surface area contributed by atoms with E-state index in [2.05, 4.69) is 0 Å². The van der Waals surface area contributed by atoms with E-state index >= 15 is 0 Å². The van der Waals surface area contributed by atoms with Crippen molar-refractivity contribution in [1.29, 1.82) is 0 Å². The van der Waals surface area contributed by atoms with Crippen LogP contribution in [0, 0.1) is 10.1 Å². The number of rotatable bonds is 5. The molecule has 0 saturated heterocycles. The Balaban J connectivity index is 2.41. The molecule has 0 unspecified atom stereocenters. The second kappa shape index (κ2) is 6.17. The molecular formula is C16H13NO5. The molecule has 0 aliphatic heterocycles. The highest BCUT2D eigenvalue weighted by Gasteiger charge is 2.18. The molecule has 2 aromatic carbocycles. The predicted octanol–water partition coefficient (Wildman–Crippen LogP) is 3.79. The summed E-state index contributed by atoms with van der Waals surface area (Å²) in [6.07, 6.45) is 0. The summed E-state index contributed by atoms with van der Waals surface area (Å²) in [5, 5.41) is 11.1. The van der Waals surface area contributed by atoms with Crippen molar-refractivity contribution in [3.63, 3.8) is 0 Å². The first-order valence-corrected chi connectivity index (χ1v) is 6.46. The van der Waals surface area contributed by atoms with Gasteiger partial charge in [-0.05, 0) is 38.1 Å². The van der Waals surface area contributed by atoms with Gasteiger partial charge in [-0.1, -0.05) is 12.1 Å². The molecule has 0 heterocycles. The number of Topliss-reactive ketones (excluding diaryl/α,β-unsaturated/α-hetero) is 2. The van der Waals surface area contributed by atoms with Gasteiger partial charge >= 0.3 is 5.69 Å². The lowest BCUT2D eigenvalue weighted by molar-refractivity contribution is -0.385. The van der Waals surface area contributed by atoms with Gasteiger partial charge in [-0.3, -0.25) is 19.7 Å². The number of ether oxygens (including phenoxy) is 1. The summed E-state index contributed by atoms with van der Waals surface area (Å²) >= 11 is 0. The van der Waals surface area contributed by atoms with Crippen molar-refractivity contribution in [3.8, 4) is 11.5 Å². The minimum absolute atomic E-state index is 0.00991. The lowest BCUT2D eigenvalue weighted by Gasteiger charge is -2.08. The molecular weight excluding hydrogens is 286 g/mol. The Bertz CT molecular complexity index is 767. The standard InChI is InChI=1S/C16H13NO5/c1-10(18)12-4-3-5-14(8-12)22-16-7-6-13(11(2)19)9-15(16)17(20)21/h3-9H,1-2H3. The summed E-state index contributed by atoms with van der Waals surface area (Å²) in [5.41, 5.74) is 0.373. The molecule has 0 spiro atoms. The van der Waals surface area contributed by atoms with Gasteiger partial charge in [-0.2, -0.15) is 0 Å². The van der Waals surface area contributed by atoms with Crippen molar-refractivity contribution >= 4 is 17.3 Å². The summed E-state index contributed by atoms with van der Waals surface area (Å²) < 4.78 is 5.49. The third kappa shape index (κ3) is 3.35. The molecule has 0 fully saturated rings. The molecule has 6 nitrogen and oxygen atoms in total. The first-order valence-electron chi connectivity index (χ1n) is 6.46. The zero-order valence-electron chi connectivity index (χ0n) is 12.0. The Labute approximate surface area is 126 Å². The van der Waals surface area contributed by atoms with Gasteiger partial charge < -0.3 is 4.74 Å². The SMILES string of the molecule is CC(=O)c1cccc(Oc2ccc(C(C)=O)cc2[N+](=O)[O-])c1. The summed E-state index contributed by atoms with van der Waals surface area (Å²) in [6, 6.07) is 10.4. The minimum Gasteiger partial charge on any atom is -0.450 e. The van der Waals surface area contributed by atoms with Gasteiger partial charge in [0.1, 0.15) is 5.75 Å².